The minimum absolute atomic E-state index is 0.00438. The van der Waals surface area contributed by atoms with E-state index >= 15 is 0 Å². The lowest BCUT2D eigenvalue weighted by atomic mass is 10.2. The van der Waals surface area contributed by atoms with Crippen molar-refractivity contribution in [2.24, 2.45) is 0 Å². The Balaban J connectivity index is 2.29. The highest BCUT2D eigenvalue weighted by atomic mass is 16.2. The Labute approximate surface area is 106 Å². The second kappa shape index (κ2) is 5.00. The lowest BCUT2D eigenvalue weighted by molar-refractivity contribution is -0.129. The Bertz CT molecular complexity index is 562. The van der Waals surface area contributed by atoms with Crippen LogP contribution in [-0.4, -0.2) is 41.1 Å². The molecule has 0 aliphatic carbocycles. The third kappa shape index (κ3) is 2.40. The molecule has 18 heavy (non-hydrogen) atoms. The molecule has 1 aromatic heterocycles. The van der Waals surface area contributed by atoms with Crippen LogP contribution in [0.25, 0.3) is 10.8 Å². The molecular formula is C13H16N4O. The molecule has 1 aromatic carbocycles. The van der Waals surface area contributed by atoms with Gasteiger partial charge in [0.2, 0.25) is 5.91 Å². The lowest BCUT2D eigenvalue weighted by Crippen LogP contribution is -2.36. The van der Waals surface area contributed by atoms with Gasteiger partial charge in [-0.1, -0.05) is 24.3 Å². The van der Waals surface area contributed by atoms with Gasteiger partial charge >= 0.3 is 0 Å². The fourth-order valence-electron chi connectivity index (χ4n) is 1.79. The molecule has 1 amide bonds. The van der Waals surface area contributed by atoms with Gasteiger partial charge in [-0.15, -0.1) is 5.10 Å². The van der Waals surface area contributed by atoms with Crippen LogP contribution in [0.2, 0.25) is 0 Å². The first kappa shape index (κ1) is 12.3. The maximum Gasteiger partial charge on any atom is 0.244 e. The molecule has 0 radical (unpaired) electrons. The molecule has 0 fully saturated rings. The molecule has 94 valence electrons. The van der Waals surface area contributed by atoms with Crippen molar-refractivity contribution >= 4 is 22.5 Å². The standard InChI is InChI=1S/C13H16N4O/c1-9(13(18)17(2)3)15-12-11-7-5-4-6-10(11)8-14-16-12/h4-9H,1-3H3,(H,15,16). The number of aromatic nitrogens is 2. The summed E-state index contributed by atoms with van der Waals surface area (Å²) in [4.78, 5) is 13.4. The number of nitrogens with zero attached hydrogens (tertiary/aromatic N) is 3. The maximum absolute atomic E-state index is 11.8. The zero-order valence-corrected chi connectivity index (χ0v) is 10.7. The van der Waals surface area contributed by atoms with Crippen LogP contribution in [0.3, 0.4) is 0 Å². The van der Waals surface area contributed by atoms with Crippen LogP contribution < -0.4 is 5.32 Å². The van der Waals surface area contributed by atoms with Gasteiger partial charge in [-0.25, -0.2) is 0 Å². The highest BCUT2D eigenvalue weighted by Gasteiger charge is 2.16. The molecule has 1 unspecified atom stereocenters. The summed E-state index contributed by atoms with van der Waals surface area (Å²) in [7, 11) is 3.46. The van der Waals surface area contributed by atoms with E-state index in [9.17, 15) is 4.79 Å². The molecule has 0 bridgehead atoms. The van der Waals surface area contributed by atoms with Crippen LogP contribution in [-0.2, 0) is 4.79 Å². The van der Waals surface area contributed by atoms with Gasteiger partial charge in [0.05, 0.1) is 6.20 Å². The number of anilines is 1. The molecule has 0 saturated carbocycles. The summed E-state index contributed by atoms with van der Waals surface area (Å²) in [5.41, 5.74) is 0. The van der Waals surface area contributed by atoms with Crippen molar-refractivity contribution in [1.29, 1.82) is 0 Å². The van der Waals surface area contributed by atoms with E-state index in [1.165, 1.54) is 0 Å². The van der Waals surface area contributed by atoms with Crippen LogP contribution in [0, 0.1) is 0 Å². The summed E-state index contributed by atoms with van der Waals surface area (Å²) in [6, 6.07) is 7.47. The van der Waals surface area contributed by atoms with Gasteiger partial charge in [-0.2, -0.15) is 5.10 Å². The zero-order chi connectivity index (χ0) is 13.1. The second-order valence-electron chi connectivity index (χ2n) is 4.38. The van der Waals surface area contributed by atoms with Crippen molar-refractivity contribution < 1.29 is 4.79 Å². The third-order valence-electron chi connectivity index (χ3n) is 2.73. The lowest BCUT2D eigenvalue weighted by Gasteiger charge is -2.18. The molecule has 1 heterocycles. The van der Waals surface area contributed by atoms with E-state index in [2.05, 4.69) is 15.5 Å². The van der Waals surface area contributed by atoms with E-state index in [0.717, 1.165) is 10.8 Å². The van der Waals surface area contributed by atoms with Crippen LogP contribution in [0.1, 0.15) is 6.92 Å². The predicted octanol–water partition coefficient (Wildman–Crippen LogP) is 1.52. The number of fused-ring (bicyclic) bond motifs is 1. The molecular weight excluding hydrogens is 228 g/mol. The summed E-state index contributed by atoms with van der Waals surface area (Å²) >= 11 is 0. The average molecular weight is 244 g/mol. The van der Waals surface area contributed by atoms with Crippen molar-refractivity contribution in [3.63, 3.8) is 0 Å². The van der Waals surface area contributed by atoms with E-state index in [1.807, 2.05) is 31.2 Å². The van der Waals surface area contributed by atoms with Gasteiger partial charge in [-0.05, 0) is 6.92 Å². The number of carbonyl (C=O) groups excluding carboxylic acids is 1. The highest BCUT2D eigenvalue weighted by Crippen LogP contribution is 2.19. The van der Waals surface area contributed by atoms with Gasteiger partial charge in [-0.3, -0.25) is 4.79 Å². The molecule has 5 nitrogen and oxygen atoms in total. The largest absolute Gasteiger partial charge is 0.357 e. The van der Waals surface area contributed by atoms with Gasteiger partial charge < -0.3 is 10.2 Å². The van der Waals surface area contributed by atoms with Crippen molar-refractivity contribution in [2.45, 2.75) is 13.0 Å². The Kier molecular flexibility index (Phi) is 3.41. The highest BCUT2D eigenvalue weighted by molar-refractivity contribution is 5.93. The fourth-order valence-corrected chi connectivity index (χ4v) is 1.79. The summed E-state index contributed by atoms with van der Waals surface area (Å²) < 4.78 is 0. The number of carbonyl (C=O) groups is 1. The van der Waals surface area contributed by atoms with Gasteiger partial charge in [0.15, 0.2) is 5.82 Å². The Morgan fingerprint density at radius 2 is 2.06 bits per heavy atom. The van der Waals surface area contributed by atoms with Crippen LogP contribution in [0.5, 0.6) is 0 Å². The van der Waals surface area contributed by atoms with E-state index in [-0.39, 0.29) is 11.9 Å². The Morgan fingerprint density at radius 1 is 1.33 bits per heavy atom. The third-order valence-corrected chi connectivity index (χ3v) is 2.73. The topological polar surface area (TPSA) is 58.1 Å². The quantitative estimate of drug-likeness (QED) is 0.889. The molecule has 0 saturated heterocycles. The molecule has 2 aromatic rings. The second-order valence-corrected chi connectivity index (χ2v) is 4.38. The molecule has 0 spiro atoms. The van der Waals surface area contributed by atoms with E-state index in [4.69, 9.17) is 0 Å². The van der Waals surface area contributed by atoms with Crippen molar-refractivity contribution in [3.8, 4) is 0 Å². The number of nitrogens with one attached hydrogen (secondary N) is 1. The van der Waals surface area contributed by atoms with Gasteiger partial charge in [0.1, 0.15) is 6.04 Å². The molecule has 0 aliphatic heterocycles. The van der Waals surface area contributed by atoms with Gasteiger partial charge in [0.25, 0.3) is 0 Å². The van der Waals surface area contributed by atoms with Crippen LogP contribution >= 0.6 is 0 Å². The molecule has 2 rings (SSSR count). The summed E-state index contributed by atoms with van der Waals surface area (Å²) in [6.45, 7) is 1.81. The first-order valence-corrected chi connectivity index (χ1v) is 5.77. The van der Waals surface area contributed by atoms with E-state index in [1.54, 1.807) is 25.2 Å². The Hall–Kier alpha value is -2.17. The fraction of sp³-hybridized carbons (Fsp3) is 0.308. The van der Waals surface area contributed by atoms with Crippen LogP contribution in [0.4, 0.5) is 5.82 Å². The van der Waals surface area contributed by atoms with Crippen LogP contribution in [0.15, 0.2) is 30.5 Å². The zero-order valence-electron chi connectivity index (χ0n) is 10.7. The molecule has 1 N–H and O–H groups in total. The average Bonchev–Trinajstić information content (AvgIpc) is 2.38. The summed E-state index contributed by atoms with van der Waals surface area (Å²) in [5, 5.41) is 13.1. The monoisotopic (exact) mass is 244 g/mol. The number of hydrogen-bond acceptors (Lipinski definition) is 4. The van der Waals surface area contributed by atoms with Crippen molar-refractivity contribution in [3.05, 3.63) is 30.5 Å². The Morgan fingerprint density at radius 3 is 2.78 bits per heavy atom. The molecule has 5 heteroatoms. The summed E-state index contributed by atoms with van der Waals surface area (Å²) in [6.07, 6.45) is 1.71. The normalized spacial score (nSPS) is 12.2. The first-order valence-electron chi connectivity index (χ1n) is 5.77. The maximum atomic E-state index is 11.8. The number of benzene rings is 1. The number of likely N-dealkylation sites (N-methyl/N-ethyl adjacent to an activating group) is 1. The van der Waals surface area contributed by atoms with Gasteiger partial charge in [0, 0.05) is 24.9 Å². The smallest absolute Gasteiger partial charge is 0.244 e. The van der Waals surface area contributed by atoms with E-state index in [0.29, 0.717) is 5.82 Å². The van der Waals surface area contributed by atoms with Crippen molar-refractivity contribution in [2.75, 3.05) is 19.4 Å². The molecule has 1 atom stereocenters. The predicted molar refractivity (Wildman–Crippen MR) is 71.3 cm³/mol. The summed E-state index contributed by atoms with van der Waals surface area (Å²) in [5.74, 6) is 0.639. The number of amides is 1. The van der Waals surface area contributed by atoms with E-state index < -0.39 is 0 Å². The van der Waals surface area contributed by atoms with Crippen molar-refractivity contribution in [1.82, 2.24) is 15.1 Å². The molecule has 0 aliphatic rings. The minimum atomic E-state index is -0.333. The minimum Gasteiger partial charge on any atom is -0.357 e. The SMILES string of the molecule is CC(Nc1nncc2ccccc12)C(=O)N(C)C. The number of hydrogen-bond donors (Lipinski definition) is 1. The number of rotatable bonds is 3. The first-order chi connectivity index (χ1) is 8.59.